The minimum absolute atomic E-state index is 0.166. The molecule has 0 radical (unpaired) electrons. The van der Waals surface area contributed by atoms with Crippen LogP contribution in [0.5, 0.6) is 0 Å². The maximum absolute atomic E-state index is 11.8. The number of rotatable bonds is 8. The number of nitrogens with zero attached hydrogens (tertiary/aromatic N) is 1. The van der Waals surface area contributed by atoms with Crippen molar-refractivity contribution in [2.24, 2.45) is 0 Å². The first-order valence-corrected chi connectivity index (χ1v) is 7.36. The number of sulfonamides is 1. The maximum Gasteiger partial charge on any atom is 0.242 e. The van der Waals surface area contributed by atoms with Gasteiger partial charge in [-0.05, 0) is 39.5 Å². The third kappa shape index (κ3) is 4.77. The highest BCUT2D eigenvalue weighted by molar-refractivity contribution is 7.89. The van der Waals surface area contributed by atoms with Crippen molar-refractivity contribution in [3.63, 3.8) is 0 Å². The van der Waals surface area contributed by atoms with Crippen LogP contribution in [0, 0.1) is 0 Å². The standard InChI is InChI=1S/C11H21N3O3S/c1-14(2)6-4-3-5-13-18(16,17)11-7-10(9-15)12-8-11/h7-8,12-13,15H,3-6,9H2,1-2H3. The van der Waals surface area contributed by atoms with Crippen molar-refractivity contribution in [2.75, 3.05) is 27.2 Å². The molecule has 1 rings (SSSR count). The van der Waals surface area contributed by atoms with Gasteiger partial charge in [0.1, 0.15) is 0 Å². The van der Waals surface area contributed by atoms with E-state index in [0.29, 0.717) is 12.2 Å². The van der Waals surface area contributed by atoms with Gasteiger partial charge in [0.2, 0.25) is 10.0 Å². The van der Waals surface area contributed by atoms with E-state index < -0.39 is 10.0 Å². The second-order valence-electron chi connectivity index (χ2n) is 4.43. The summed E-state index contributed by atoms with van der Waals surface area (Å²) in [6, 6.07) is 1.43. The number of nitrogens with one attached hydrogen (secondary N) is 2. The van der Waals surface area contributed by atoms with Crippen LogP contribution in [0.2, 0.25) is 0 Å². The minimum atomic E-state index is -3.46. The van der Waals surface area contributed by atoms with E-state index in [9.17, 15) is 8.42 Å². The highest BCUT2D eigenvalue weighted by Crippen LogP contribution is 2.10. The highest BCUT2D eigenvalue weighted by atomic mass is 32.2. The van der Waals surface area contributed by atoms with Crippen molar-refractivity contribution in [2.45, 2.75) is 24.3 Å². The highest BCUT2D eigenvalue weighted by Gasteiger charge is 2.14. The molecule has 0 amide bonds. The molecule has 0 atom stereocenters. The van der Waals surface area contributed by atoms with Crippen molar-refractivity contribution in [3.05, 3.63) is 18.0 Å². The van der Waals surface area contributed by atoms with Crippen molar-refractivity contribution >= 4 is 10.0 Å². The van der Waals surface area contributed by atoms with E-state index in [2.05, 4.69) is 14.6 Å². The van der Waals surface area contributed by atoms with Gasteiger partial charge in [-0.1, -0.05) is 0 Å². The van der Waals surface area contributed by atoms with Gasteiger partial charge in [-0.15, -0.1) is 0 Å². The minimum Gasteiger partial charge on any atom is -0.390 e. The van der Waals surface area contributed by atoms with E-state index in [4.69, 9.17) is 5.11 Å². The molecule has 0 saturated carbocycles. The number of aliphatic hydroxyl groups excluding tert-OH is 1. The first-order chi connectivity index (χ1) is 8.45. The number of aliphatic hydroxyl groups is 1. The van der Waals surface area contributed by atoms with Crippen LogP contribution in [-0.4, -0.2) is 50.6 Å². The molecule has 0 fully saturated rings. The number of H-pyrrole nitrogens is 1. The monoisotopic (exact) mass is 275 g/mol. The van der Waals surface area contributed by atoms with Crippen molar-refractivity contribution in [3.8, 4) is 0 Å². The molecule has 3 N–H and O–H groups in total. The second-order valence-corrected chi connectivity index (χ2v) is 6.19. The molecule has 0 bridgehead atoms. The third-order valence-electron chi connectivity index (χ3n) is 2.52. The van der Waals surface area contributed by atoms with Gasteiger partial charge in [-0.2, -0.15) is 0 Å². The lowest BCUT2D eigenvalue weighted by Crippen LogP contribution is -2.25. The van der Waals surface area contributed by atoms with Crippen LogP contribution in [0.15, 0.2) is 17.2 Å². The molecule has 0 unspecified atom stereocenters. The van der Waals surface area contributed by atoms with E-state index >= 15 is 0 Å². The Morgan fingerprint density at radius 2 is 2.11 bits per heavy atom. The van der Waals surface area contributed by atoms with Gasteiger partial charge in [0, 0.05) is 18.4 Å². The Morgan fingerprint density at radius 1 is 1.39 bits per heavy atom. The predicted octanol–water partition coefficient (Wildman–Crippen LogP) is 0.127. The van der Waals surface area contributed by atoms with E-state index in [1.165, 1.54) is 12.3 Å². The topological polar surface area (TPSA) is 85.4 Å². The molecule has 0 spiro atoms. The van der Waals surface area contributed by atoms with E-state index in [1.54, 1.807) is 0 Å². The summed E-state index contributed by atoms with van der Waals surface area (Å²) in [5, 5.41) is 8.86. The molecular formula is C11H21N3O3S. The number of hydrogen-bond donors (Lipinski definition) is 3. The Labute approximate surface area is 108 Å². The largest absolute Gasteiger partial charge is 0.390 e. The summed E-state index contributed by atoms with van der Waals surface area (Å²) in [7, 11) is 0.517. The number of hydrogen-bond acceptors (Lipinski definition) is 4. The first-order valence-electron chi connectivity index (χ1n) is 5.88. The summed E-state index contributed by atoms with van der Waals surface area (Å²) in [5.74, 6) is 0. The lowest BCUT2D eigenvalue weighted by molar-refractivity contribution is 0.277. The van der Waals surface area contributed by atoms with Gasteiger partial charge >= 0.3 is 0 Å². The lowest BCUT2D eigenvalue weighted by Gasteiger charge is -2.09. The SMILES string of the molecule is CN(C)CCCCNS(=O)(=O)c1c[nH]c(CO)c1. The molecule has 0 aliphatic carbocycles. The van der Waals surface area contributed by atoms with Crippen LogP contribution < -0.4 is 4.72 Å². The molecule has 0 aliphatic heterocycles. The molecular weight excluding hydrogens is 254 g/mol. The zero-order chi connectivity index (χ0) is 13.6. The van der Waals surface area contributed by atoms with E-state index in [1.807, 2.05) is 14.1 Å². The van der Waals surface area contributed by atoms with Crippen LogP contribution in [0.25, 0.3) is 0 Å². The molecule has 7 heteroatoms. The summed E-state index contributed by atoms with van der Waals surface area (Å²) >= 11 is 0. The van der Waals surface area contributed by atoms with Crippen LogP contribution in [-0.2, 0) is 16.6 Å². The fourth-order valence-electron chi connectivity index (χ4n) is 1.51. The average Bonchev–Trinajstić information content (AvgIpc) is 2.77. The number of aromatic amines is 1. The Balaban J connectivity index is 2.40. The van der Waals surface area contributed by atoms with Crippen LogP contribution in [0.1, 0.15) is 18.5 Å². The van der Waals surface area contributed by atoms with E-state index in [0.717, 1.165) is 19.4 Å². The van der Waals surface area contributed by atoms with Crippen molar-refractivity contribution in [1.82, 2.24) is 14.6 Å². The van der Waals surface area contributed by atoms with Gasteiger partial charge < -0.3 is 15.0 Å². The van der Waals surface area contributed by atoms with Crippen LogP contribution in [0.3, 0.4) is 0 Å². The van der Waals surface area contributed by atoms with Gasteiger partial charge in [-0.25, -0.2) is 13.1 Å². The Morgan fingerprint density at radius 3 is 2.67 bits per heavy atom. The molecule has 0 saturated heterocycles. The molecule has 1 aromatic rings. The maximum atomic E-state index is 11.8. The number of unbranched alkanes of at least 4 members (excludes halogenated alkanes) is 1. The Hall–Kier alpha value is -0.890. The summed E-state index contributed by atoms with van der Waals surface area (Å²) in [6.45, 7) is 1.18. The van der Waals surface area contributed by atoms with Crippen molar-refractivity contribution < 1.29 is 13.5 Å². The smallest absolute Gasteiger partial charge is 0.242 e. The van der Waals surface area contributed by atoms with Crippen LogP contribution >= 0.6 is 0 Å². The van der Waals surface area contributed by atoms with Gasteiger partial charge in [0.05, 0.1) is 11.5 Å². The Bertz CT molecular complexity index is 454. The van der Waals surface area contributed by atoms with E-state index in [-0.39, 0.29) is 11.5 Å². The summed E-state index contributed by atoms with van der Waals surface area (Å²) in [4.78, 5) is 4.93. The summed E-state index contributed by atoms with van der Waals surface area (Å²) in [5.41, 5.74) is 0.489. The molecule has 104 valence electrons. The molecule has 1 aromatic heterocycles. The second kappa shape index (κ2) is 6.89. The molecule has 0 aromatic carbocycles. The third-order valence-corrected chi connectivity index (χ3v) is 3.96. The fourth-order valence-corrected chi connectivity index (χ4v) is 2.60. The van der Waals surface area contributed by atoms with Gasteiger partial charge in [0.25, 0.3) is 0 Å². The quantitative estimate of drug-likeness (QED) is 0.589. The Kier molecular flexibility index (Phi) is 5.80. The number of aromatic nitrogens is 1. The molecule has 18 heavy (non-hydrogen) atoms. The molecule has 0 aliphatic rings. The molecule has 1 heterocycles. The van der Waals surface area contributed by atoms with Crippen molar-refractivity contribution in [1.29, 1.82) is 0 Å². The normalized spacial score (nSPS) is 12.2. The molecule has 6 nitrogen and oxygen atoms in total. The average molecular weight is 275 g/mol. The lowest BCUT2D eigenvalue weighted by atomic mass is 10.3. The fraction of sp³-hybridized carbons (Fsp3) is 0.636. The summed E-state index contributed by atoms with van der Waals surface area (Å²) in [6.07, 6.45) is 3.13. The predicted molar refractivity (Wildman–Crippen MR) is 69.7 cm³/mol. The van der Waals surface area contributed by atoms with Gasteiger partial charge in [0.15, 0.2) is 0 Å². The van der Waals surface area contributed by atoms with Crippen LogP contribution in [0.4, 0.5) is 0 Å². The zero-order valence-electron chi connectivity index (χ0n) is 10.8. The summed E-state index contributed by atoms with van der Waals surface area (Å²) < 4.78 is 26.2. The first kappa shape index (κ1) is 15.2. The zero-order valence-corrected chi connectivity index (χ0v) is 11.6. The van der Waals surface area contributed by atoms with Gasteiger partial charge in [-0.3, -0.25) is 0 Å².